The molecule has 2 aromatic carbocycles. The fourth-order valence-electron chi connectivity index (χ4n) is 3.61. The largest absolute Gasteiger partial charge is 0.490 e. The fraction of sp³-hybridized carbons (Fsp3) is 0.292. The summed E-state index contributed by atoms with van der Waals surface area (Å²) >= 11 is 6.16. The van der Waals surface area contributed by atoms with Gasteiger partial charge in [-0.1, -0.05) is 11.6 Å². The number of aliphatic hydroxyl groups excluding tert-OH is 1. The molecule has 9 nitrogen and oxygen atoms in total. The highest BCUT2D eigenvalue weighted by molar-refractivity contribution is 6.31. The Morgan fingerprint density at radius 2 is 1.66 bits per heavy atom. The number of benzene rings is 2. The first kappa shape index (κ1) is 28.7. The second kappa shape index (κ2) is 12.6. The number of alkyl halides is 3. The summed E-state index contributed by atoms with van der Waals surface area (Å²) in [5.74, 6) is -2.44. The average Bonchev–Trinajstić information content (AvgIpc) is 2.88. The minimum atomic E-state index is -5.08. The summed E-state index contributed by atoms with van der Waals surface area (Å²) in [5, 5.41) is 23.7. The minimum absolute atomic E-state index is 0.00639. The van der Waals surface area contributed by atoms with E-state index < -0.39 is 12.1 Å². The third-order valence-electron chi connectivity index (χ3n) is 5.41. The summed E-state index contributed by atoms with van der Waals surface area (Å²) in [6, 6.07) is 13.1. The van der Waals surface area contributed by atoms with Gasteiger partial charge in [0.1, 0.15) is 11.6 Å². The van der Waals surface area contributed by atoms with Crippen molar-refractivity contribution in [2.24, 2.45) is 0 Å². The van der Waals surface area contributed by atoms with Crippen LogP contribution >= 0.6 is 11.6 Å². The Balaban J connectivity index is 0.000000505. The van der Waals surface area contributed by atoms with Gasteiger partial charge in [-0.25, -0.2) is 19.0 Å². The number of amides is 2. The number of hydrogen-bond acceptors (Lipinski definition) is 6. The lowest BCUT2D eigenvalue weighted by Gasteiger charge is -2.36. The van der Waals surface area contributed by atoms with Crippen molar-refractivity contribution in [1.82, 2.24) is 9.88 Å². The van der Waals surface area contributed by atoms with Gasteiger partial charge < -0.3 is 30.6 Å². The molecule has 3 aromatic rings. The molecule has 2 heterocycles. The molecule has 4 rings (SSSR count). The van der Waals surface area contributed by atoms with Crippen molar-refractivity contribution >= 4 is 51.7 Å². The van der Waals surface area contributed by atoms with Crippen LogP contribution in [0.25, 0.3) is 10.9 Å². The normalized spacial score (nSPS) is 13.5. The summed E-state index contributed by atoms with van der Waals surface area (Å²) in [7, 11) is 0. The number of piperazine rings is 1. The first-order chi connectivity index (χ1) is 18.0. The van der Waals surface area contributed by atoms with E-state index in [1.165, 1.54) is 12.1 Å². The number of carboxylic acid groups (broad SMARTS) is 1. The van der Waals surface area contributed by atoms with Crippen LogP contribution in [0.1, 0.15) is 0 Å². The van der Waals surface area contributed by atoms with E-state index in [4.69, 9.17) is 26.6 Å². The average molecular weight is 558 g/mol. The zero-order chi connectivity index (χ0) is 27.9. The molecule has 38 heavy (non-hydrogen) atoms. The SMILES string of the molecule is O=C(Nc1ccc(F)cc1)N1CCN(c2cc(NCCO)nc3cc(Cl)ccc23)CC1.O=C(O)C(F)(F)F. The van der Waals surface area contributed by atoms with Crippen molar-refractivity contribution in [3.8, 4) is 0 Å². The number of urea groups is 1. The molecular weight excluding hydrogens is 534 g/mol. The summed E-state index contributed by atoms with van der Waals surface area (Å²) < 4.78 is 44.8. The number of rotatable bonds is 5. The Morgan fingerprint density at radius 1 is 1.03 bits per heavy atom. The van der Waals surface area contributed by atoms with Crippen molar-refractivity contribution in [2.45, 2.75) is 6.18 Å². The topological polar surface area (TPSA) is 118 Å². The second-order valence-corrected chi connectivity index (χ2v) is 8.49. The molecule has 1 aliphatic rings. The fourth-order valence-corrected chi connectivity index (χ4v) is 3.77. The Hall–Kier alpha value is -3.84. The number of fused-ring (bicyclic) bond motifs is 1. The van der Waals surface area contributed by atoms with Gasteiger partial charge in [0.25, 0.3) is 0 Å². The third kappa shape index (κ3) is 7.83. The number of carboxylic acids is 1. The molecule has 204 valence electrons. The van der Waals surface area contributed by atoms with Gasteiger partial charge >= 0.3 is 18.2 Å². The zero-order valence-electron chi connectivity index (χ0n) is 19.8. The summed E-state index contributed by atoms with van der Waals surface area (Å²) in [5.41, 5.74) is 2.33. The van der Waals surface area contributed by atoms with E-state index in [9.17, 15) is 22.4 Å². The van der Waals surface area contributed by atoms with Gasteiger partial charge in [-0.05, 0) is 42.5 Å². The Kier molecular flexibility index (Phi) is 9.53. The summed E-state index contributed by atoms with van der Waals surface area (Å²) in [6.45, 7) is 2.80. The highest BCUT2D eigenvalue weighted by atomic mass is 35.5. The smallest absolute Gasteiger partial charge is 0.475 e. The Morgan fingerprint density at radius 3 is 2.24 bits per heavy atom. The van der Waals surface area contributed by atoms with Gasteiger partial charge in [-0.3, -0.25) is 0 Å². The van der Waals surface area contributed by atoms with E-state index in [-0.39, 0.29) is 18.5 Å². The van der Waals surface area contributed by atoms with Gasteiger partial charge in [-0.2, -0.15) is 13.2 Å². The number of nitrogens with zero attached hydrogens (tertiary/aromatic N) is 3. The minimum Gasteiger partial charge on any atom is -0.475 e. The number of carbonyl (C=O) groups excluding carboxylic acids is 1. The van der Waals surface area contributed by atoms with Crippen LogP contribution in [-0.2, 0) is 4.79 Å². The highest BCUT2D eigenvalue weighted by Gasteiger charge is 2.38. The molecule has 4 N–H and O–H groups in total. The lowest BCUT2D eigenvalue weighted by molar-refractivity contribution is -0.192. The number of carbonyl (C=O) groups is 2. The van der Waals surface area contributed by atoms with Crippen LogP contribution in [0.5, 0.6) is 0 Å². The quantitative estimate of drug-likeness (QED) is 0.343. The maximum atomic E-state index is 13.1. The number of aromatic nitrogens is 1. The monoisotopic (exact) mass is 557 g/mol. The molecule has 2 amide bonds. The lowest BCUT2D eigenvalue weighted by Crippen LogP contribution is -2.50. The summed E-state index contributed by atoms with van der Waals surface area (Å²) in [6.07, 6.45) is -5.08. The van der Waals surface area contributed by atoms with Gasteiger partial charge in [0.2, 0.25) is 0 Å². The molecule has 0 aliphatic carbocycles. The van der Waals surface area contributed by atoms with Crippen molar-refractivity contribution in [3.63, 3.8) is 0 Å². The number of aliphatic carboxylic acids is 1. The van der Waals surface area contributed by atoms with Crippen LogP contribution < -0.4 is 15.5 Å². The number of halogens is 5. The zero-order valence-corrected chi connectivity index (χ0v) is 20.6. The number of pyridine rings is 1. The molecule has 14 heteroatoms. The van der Waals surface area contributed by atoms with Crippen molar-refractivity contribution in [2.75, 3.05) is 54.9 Å². The van der Waals surface area contributed by atoms with Crippen LogP contribution in [-0.4, -0.2) is 77.6 Å². The molecule has 1 saturated heterocycles. The van der Waals surface area contributed by atoms with Crippen molar-refractivity contribution in [3.05, 3.63) is 59.4 Å². The third-order valence-corrected chi connectivity index (χ3v) is 5.65. The molecule has 0 radical (unpaired) electrons. The maximum Gasteiger partial charge on any atom is 0.490 e. The number of aliphatic hydroxyl groups is 1. The standard InChI is InChI=1S/C22H23ClFN5O2.C2HF3O2/c23-15-1-6-18-19(13-15)27-21(25-7-12-30)14-20(18)28-8-10-29(11-9-28)22(31)26-17-4-2-16(24)3-5-17;3-2(4,5)1(6)7/h1-6,13-14,30H,7-12H2,(H,25,27)(H,26,31);(H,6,7). The molecule has 0 spiro atoms. The predicted molar refractivity (Wildman–Crippen MR) is 135 cm³/mol. The molecular formula is C24H24ClF4N5O4. The molecule has 1 aliphatic heterocycles. The maximum absolute atomic E-state index is 13.1. The van der Waals surface area contributed by atoms with Crippen molar-refractivity contribution in [1.29, 1.82) is 0 Å². The highest BCUT2D eigenvalue weighted by Crippen LogP contribution is 2.31. The van der Waals surface area contributed by atoms with Gasteiger partial charge in [0.05, 0.1) is 12.1 Å². The first-order valence-corrected chi connectivity index (χ1v) is 11.7. The van der Waals surface area contributed by atoms with E-state index in [1.54, 1.807) is 17.0 Å². The van der Waals surface area contributed by atoms with E-state index in [0.717, 1.165) is 16.6 Å². The van der Waals surface area contributed by atoms with Crippen LogP contribution in [0.15, 0.2) is 48.5 Å². The Labute approximate surface area is 219 Å². The predicted octanol–water partition coefficient (Wildman–Crippen LogP) is 4.42. The van der Waals surface area contributed by atoms with E-state index in [2.05, 4.69) is 20.5 Å². The van der Waals surface area contributed by atoms with Crippen molar-refractivity contribution < 1.29 is 37.4 Å². The molecule has 1 aromatic heterocycles. The van der Waals surface area contributed by atoms with E-state index in [0.29, 0.717) is 49.3 Å². The Bertz CT molecular complexity index is 1270. The van der Waals surface area contributed by atoms with E-state index >= 15 is 0 Å². The van der Waals surface area contributed by atoms with Crippen LogP contribution in [0, 0.1) is 5.82 Å². The number of hydrogen-bond donors (Lipinski definition) is 4. The van der Waals surface area contributed by atoms with Crippen LogP contribution in [0.4, 0.5) is 39.5 Å². The lowest BCUT2D eigenvalue weighted by atomic mass is 10.1. The summed E-state index contributed by atoms with van der Waals surface area (Å²) in [4.78, 5) is 30.0. The molecule has 1 fully saturated rings. The molecule has 0 atom stereocenters. The number of anilines is 3. The van der Waals surface area contributed by atoms with Gasteiger partial charge in [-0.15, -0.1) is 0 Å². The van der Waals surface area contributed by atoms with Crippen LogP contribution in [0.2, 0.25) is 5.02 Å². The van der Waals surface area contributed by atoms with Crippen LogP contribution in [0.3, 0.4) is 0 Å². The molecule has 0 bridgehead atoms. The first-order valence-electron chi connectivity index (χ1n) is 11.3. The molecule has 0 saturated carbocycles. The number of nitrogens with one attached hydrogen (secondary N) is 2. The molecule has 0 unspecified atom stereocenters. The van der Waals surface area contributed by atoms with Gasteiger partial charge in [0, 0.05) is 60.6 Å². The van der Waals surface area contributed by atoms with Gasteiger partial charge in [0.15, 0.2) is 0 Å². The van der Waals surface area contributed by atoms with E-state index in [1.807, 2.05) is 24.3 Å². The second-order valence-electron chi connectivity index (χ2n) is 8.05.